The highest BCUT2D eigenvalue weighted by Gasteiger charge is 2.20. The van der Waals surface area contributed by atoms with Crippen molar-refractivity contribution in [3.05, 3.63) is 60.7 Å². The van der Waals surface area contributed by atoms with Crippen LogP contribution in [-0.4, -0.2) is 49.9 Å². The number of nitrogens with zero attached hydrogens (tertiary/aromatic N) is 6. The fourth-order valence-corrected chi connectivity index (χ4v) is 4.78. The number of nitriles is 1. The van der Waals surface area contributed by atoms with Gasteiger partial charge in [0.2, 0.25) is 5.91 Å². The summed E-state index contributed by atoms with van der Waals surface area (Å²) in [7, 11) is 1.73. The SMILES string of the molecule is CC(C)CCn1c(SCC(=O)N(C)CCC#N)nnc1-c1cc(-c2ccccc2)nc2ccccc12. The number of hydrogen-bond acceptors (Lipinski definition) is 6. The Morgan fingerprint density at radius 3 is 2.61 bits per heavy atom. The lowest BCUT2D eigenvalue weighted by molar-refractivity contribution is -0.127. The van der Waals surface area contributed by atoms with Crippen molar-refractivity contribution in [3.8, 4) is 28.7 Å². The largest absolute Gasteiger partial charge is 0.344 e. The molecule has 2 heterocycles. The monoisotopic (exact) mass is 498 g/mol. The van der Waals surface area contributed by atoms with Crippen molar-refractivity contribution in [2.24, 2.45) is 5.92 Å². The van der Waals surface area contributed by atoms with Crippen molar-refractivity contribution >= 4 is 28.6 Å². The number of carbonyl (C=O) groups excluding carboxylic acids is 1. The van der Waals surface area contributed by atoms with E-state index in [0.717, 1.165) is 51.7 Å². The first-order valence-corrected chi connectivity index (χ1v) is 13.1. The lowest BCUT2D eigenvalue weighted by atomic mass is 10.0. The smallest absolute Gasteiger partial charge is 0.232 e. The number of aromatic nitrogens is 4. The second-order valence-electron chi connectivity index (χ2n) is 9.09. The van der Waals surface area contributed by atoms with Crippen LogP contribution in [0.2, 0.25) is 0 Å². The molecule has 0 atom stereocenters. The highest BCUT2D eigenvalue weighted by Crippen LogP contribution is 2.33. The third kappa shape index (κ3) is 5.92. The molecule has 0 radical (unpaired) electrons. The van der Waals surface area contributed by atoms with Crippen LogP contribution >= 0.6 is 11.8 Å². The highest BCUT2D eigenvalue weighted by atomic mass is 32.2. The fourth-order valence-electron chi connectivity index (χ4n) is 3.88. The minimum Gasteiger partial charge on any atom is -0.344 e. The van der Waals surface area contributed by atoms with Gasteiger partial charge in [-0.05, 0) is 24.5 Å². The van der Waals surface area contributed by atoms with Crippen LogP contribution in [0.15, 0.2) is 65.8 Å². The summed E-state index contributed by atoms with van der Waals surface area (Å²) in [4.78, 5) is 19.1. The third-order valence-electron chi connectivity index (χ3n) is 5.98. The maximum Gasteiger partial charge on any atom is 0.232 e. The van der Waals surface area contributed by atoms with Gasteiger partial charge in [0, 0.05) is 36.7 Å². The van der Waals surface area contributed by atoms with Crippen LogP contribution in [0.3, 0.4) is 0 Å². The lowest BCUT2D eigenvalue weighted by Gasteiger charge is -2.16. The van der Waals surface area contributed by atoms with Gasteiger partial charge in [-0.2, -0.15) is 5.26 Å². The van der Waals surface area contributed by atoms with Crippen molar-refractivity contribution in [1.82, 2.24) is 24.6 Å². The van der Waals surface area contributed by atoms with Gasteiger partial charge < -0.3 is 9.47 Å². The van der Waals surface area contributed by atoms with Crippen LogP contribution in [0.1, 0.15) is 26.7 Å². The molecule has 0 spiro atoms. The van der Waals surface area contributed by atoms with Gasteiger partial charge in [0.1, 0.15) is 0 Å². The first-order chi connectivity index (χ1) is 17.5. The Hall–Kier alpha value is -3.70. The quantitative estimate of drug-likeness (QED) is 0.262. The molecule has 0 N–H and O–H groups in total. The molecule has 184 valence electrons. The number of rotatable bonds is 10. The van der Waals surface area contributed by atoms with E-state index in [-0.39, 0.29) is 11.7 Å². The topological polar surface area (TPSA) is 87.7 Å². The van der Waals surface area contributed by atoms with Gasteiger partial charge in [0.05, 0.1) is 29.5 Å². The zero-order valence-corrected chi connectivity index (χ0v) is 21.7. The van der Waals surface area contributed by atoms with Gasteiger partial charge in [-0.3, -0.25) is 4.79 Å². The van der Waals surface area contributed by atoms with E-state index < -0.39 is 0 Å². The molecule has 0 saturated heterocycles. The van der Waals surface area contributed by atoms with E-state index in [1.807, 2.05) is 36.4 Å². The average molecular weight is 499 g/mol. The van der Waals surface area contributed by atoms with Crippen molar-refractivity contribution in [2.75, 3.05) is 19.3 Å². The van der Waals surface area contributed by atoms with E-state index >= 15 is 0 Å². The van der Waals surface area contributed by atoms with Gasteiger partial charge in [-0.15, -0.1) is 10.2 Å². The van der Waals surface area contributed by atoms with Gasteiger partial charge >= 0.3 is 0 Å². The van der Waals surface area contributed by atoms with Crippen molar-refractivity contribution in [2.45, 2.75) is 38.4 Å². The Balaban J connectivity index is 1.74. The molecule has 8 heteroatoms. The Morgan fingerprint density at radius 1 is 1.11 bits per heavy atom. The molecule has 0 unspecified atom stereocenters. The molecule has 0 aliphatic rings. The van der Waals surface area contributed by atoms with Crippen LogP contribution in [0, 0.1) is 17.2 Å². The van der Waals surface area contributed by atoms with Crippen LogP contribution in [0.25, 0.3) is 33.5 Å². The van der Waals surface area contributed by atoms with Crippen molar-refractivity contribution in [3.63, 3.8) is 0 Å². The van der Waals surface area contributed by atoms with Crippen LogP contribution in [-0.2, 0) is 11.3 Å². The molecule has 2 aromatic carbocycles. The van der Waals surface area contributed by atoms with E-state index in [0.29, 0.717) is 18.9 Å². The predicted octanol–water partition coefficient (Wildman–Crippen LogP) is 5.67. The zero-order valence-electron chi connectivity index (χ0n) is 20.9. The molecule has 0 saturated carbocycles. The van der Waals surface area contributed by atoms with E-state index in [1.165, 1.54) is 11.8 Å². The summed E-state index contributed by atoms with van der Waals surface area (Å²) in [5.41, 5.74) is 3.79. The summed E-state index contributed by atoms with van der Waals surface area (Å²) < 4.78 is 2.13. The van der Waals surface area contributed by atoms with Gasteiger partial charge in [-0.25, -0.2) is 4.98 Å². The molecule has 0 bridgehead atoms. The average Bonchev–Trinajstić information content (AvgIpc) is 3.31. The standard InChI is InChI=1S/C28H30N6OS/c1-20(2)14-17-34-27(31-32-28(34)36-19-26(35)33(3)16-9-15-29)23-18-25(21-10-5-4-6-11-21)30-24-13-8-7-12-22(23)24/h4-8,10-13,18,20H,9,14,16-17,19H2,1-3H3. The van der Waals surface area contributed by atoms with Gasteiger partial charge in [-0.1, -0.05) is 74.1 Å². The maximum atomic E-state index is 12.6. The number of pyridine rings is 1. The summed E-state index contributed by atoms with van der Waals surface area (Å²) >= 11 is 1.39. The number of thioether (sulfide) groups is 1. The molecular formula is C28H30N6OS. The third-order valence-corrected chi connectivity index (χ3v) is 6.93. The number of carbonyl (C=O) groups is 1. The molecule has 4 rings (SSSR count). The van der Waals surface area contributed by atoms with E-state index in [1.54, 1.807) is 11.9 Å². The molecule has 7 nitrogen and oxygen atoms in total. The Morgan fingerprint density at radius 2 is 1.86 bits per heavy atom. The molecule has 0 aliphatic carbocycles. The summed E-state index contributed by atoms with van der Waals surface area (Å²) in [6.07, 6.45) is 1.28. The molecule has 4 aromatic rings. The predicted molar refractivity (Wildman–Crippen MR) is 144 cm³/mol. The zero-order chi connectivity index (χ0) is 25.5. The first kappa shape index (κ1) is 25.4. The van der Waals surface area contributed by atoms with Crippen LogP contribution in [0.5, 0.6) is 0 Å². The second-order valence-corrected chi connectivity index (χ2v) is 10.0. The second kappa shape index (κ2) is 11.8. The molecular weight excluding hydrogens is 468 g/mol. The van der Waals surface area contributed by atoms with Crippen molar-refractivity contribution in [1.29, 1.82) is 5.26 Å². The van der Waals surface area contributed by atoms with E-state index in [2.05, 4.69) is 58.9 Å². The number of para-hydroxylation sites is 1. The maximum absolute atomic E-state index is 12.6. The first-order valence-electron chi connectivity index (χ1n) is 12.1. The summed E-state index contributed by atoms with van der Waals surface area (Å²) in [5.74, 6) is 1.50. The number of hydrogen-bond donors (Lipinski definition) is 0. The van der Waals surface area contributed by atoms with Gasteiger partial charge in [0.25, 0.3) is 0 Å². The number of fused-ring (bicyclic) bond motifs is 1. The van der Waals surface area contributed by atoms with Crippen molar-refractivity contribution < 1.29 is 4.79 Å². The molecule has 1 amide bonds. The van der Waals surface area contributed by atoms with E-state index in [4.69, 9.17) is 10.2 Å². The highest BCUT2D eigenvalue weighted by molar-refractivity contribution is 7.99. The molecule has 2 aromatic heterocycles. The van der Waals surface area contributed by atoms with Crippen LogP contribution < -0.4 is 0 Å². The summed E-state index contributed by atoms with van der Waals surface area (Å²) in [5, 5.41) is 19.7. The lowest BCUT2D eigenvalue weighted by Crippen LogP contribution is -2.29. The minimum absolute atomic E-state index is 0.0315. The molecule has 0 fully saturated rings. The van der Waals surface area contributed by atoms with E-state index in [9.17, 15) is 4.79 Å². The Kier molecular flexibility index (Phi) is 8.34. The van der Waals surface area contributed by atoms with Crippen LogP contribution in [0.4, 0.5) is 0 Å². The minimum atomic E-state index is -0.0315. The molecule has 36 heavy (non-hydrogen) atoms. The summed E-state index contributed by atoms with van der Waals surface area (Å²) in [6.45, 7) is 5.56. The summed E-state index contributed by atoms with van der Waals surface area (Å²) in [6, 6.07) is 22.4. The fraction of sp³-hybridized carbons (Fsp3) is 0.321. The number of amides is 1. The Labute approximate surface area is 216 Å². The number of benzene rings is 2. The van der Waals surface area contributed by atoms with Gasteiger partial charge in [0.15, 0.2) is 11.0 Å². The molecule has 0 aliphatic heterocycles. The Bertz CT molecular complexity index is 1380. The normalized spacial score (nSPS) is 11.1.